The highest BCUT2D eigenvalue weighted by Gasteiger charge is 2.21. The second-order valence-electron chi connectivity index (χ2n) is 6.87. The molecule has 2 heterocycles. The Balaban J connectivity index is 1.77. The van der Waals surface area contributed by atoms with Crippen molar-refractivity contribution >= 4 is 11.8 Å². The maximum absolute atomic E-state index is 13.9. The Labute approximate surface area is 171 Å². The minimum Gasteiger partial charge on any atom is -0.479 e. The third kappa shape index (κ3) is 4.51. The van der Waals surface area contributed by atoms with Gasteiger partial charge < -0.3 is 14.4 Å². The average Bonchev–Trinajstić information content (AvgIpc) is 3.21. The van der Waals surface area contributed by atoms with Crippen molar-refractivity contribution in [3.8, 4) is 17.1 Å². The highest BCUT2D eigenvalue weighted by molar-refractivity contribution is 5.95. The first-order valence-electron chi connectivity index (χ1n) is 9.33. The zero-order valence-corrected chi connectivity index (χ0v) is 16.6. The Kier molecular flexibility index (Phi) is 6.20. The summed E-state index contributed by atoms with van der Waals surface area (Å²) in [6.07, 6.45) is 1.37. The molecule has 0 aliphatic rings. The van der Waals surface area contributed by atoms with E-state index < -0.39 is 23.5 Å². The normalized spacial score (nSPS) is 12.0. The van der Waals surface area contributed by atoms with Gasteiger partial charge in [-0.15, -0.1) is 0 Å². The summed E-state index contributed by atoms with van der Waals surface area (Å²) in [6.45, 7) is 5.46. The van der Waals surface area contributed by atoms with Crippen LogP contribution in [0, 0.1) is 11.7 Å². The van der Waals surface area contributed by atoms with Crippen molar-refractivity contribution in [3.63, 3.8) is 0 Å². The van der Waals surface area contributed by atoms with Crippen LogP contribution in [0.25, 0.3) is 11.4 Å². The molecule has 0 bridgehead atoms. The summed E-state index contributed by atoms with van der Waals surface area (Å²) >= 11 is 0. The minimum absolute atomic E-state index is 0.0590. The number of aromatic nitrogens is 3. The first-order valence-corrected chi connectivity index (χ1v) is 9.33. The van der Waals surface area contributed by atoms with E-state index in [1.165, 1.54) is 12.3 Å². The number of carbonyl (C=O) groups excluding carboxylic acids is 1. The second-order valence-corrected chi connectivity index (χ2v) is 6.87. The van der Waals surface area contributed by atoms with E-state index in [1.807, 2.05) is 6.92 Å². The quantitative estimate of drug-likeness (QED) is 0.542. The first kappa shape index (κ1) is 21.1. The minimum atomic E-state index is -1.36. The fraction of sp³-hybridized carbons (Fsp3) is 0.286. The summed E-state index contributed by atoms with van der Waals surface area (Å²) in [5.41, 5.74) is 0.196. The number of ketones is 1. The SMILES string of the molecule is CCC(Oc1ccc(C(=O)C(C)C)nc1)c1nc(-c2ccc(C(=O)O)c(F)c2)no1. The molecule has 0 saturated carbocycles. The van der Waals surface area contributed by atoms with E-state index in [1.54, 1.807) is 26.0 Å². The lowest BCUT2D eigenvalue weighted by Crippen LogP contribution is -2.10. The van der Waals surface area contributed by atoms with Gasteiger partial charge in [0.2, 0.25) is 5.82 Å². The van der Waals surface area contributed by atoms with Crippen LogP contribution in [-0.2, 0) is 0 Å². The number of carboxylic acid groups (broad SMARTS) is 1. The highest BCUT2D eigenvalue weighted by Crippen LogP contribution is 2.26. The Morgan fingerprint density at radius 1 is 1.23 bits per heavy atom. The van der Waals surface area contributed by atoms with Crippen molar-refractivity contribution < 1.29 is 28.3 Å². The summed E-state index contributed by atoms with van der Waals surface area (Å²) < 4.78 is 25.0. The maximum Gasteiger partial charge on any atom is 0.338 e. The molecule has 0 fully saturated rings. The number of aromatic carboxylic acids is 1. The number of pyridine rings is 1. The monoisotopic (exact) mass is 413 g/mol. The average molecular weight is 413 g/mol. The molecule has 0 radical (unpaired) electrons. The molecule has 2 aromatic heterocycles. The van der Waals surface area contributed by atoms with Crippen molar-refractivity contribution in [2.75, 3.05) is 0 Å². The summed E-state index contributed by atoms with van der Waals surface area (Å²) in [6, 6.07) is 6.81. The van der Waals surface area contributed by atoms with Crippen LogP contribution >= 0.6 is 0 Å². The van der Waals surface area contributed by atoms with Crippen LogP contribution in [0.15, 0.2) is 41.1 Å². The van der Waals surface area contributed by atoms with Crippen LogP contribution in [0.5, 0.6) is 5.75 Å². The molecule has 3 rings (SSSR count). The molecule has 0 amide bonds. The smallest absolute Gasteiger partial charge is 0.338 e. The number of Topliss-reactive ketones (excluding diaryl/α,β-unsaturated/α-hetero) is 1. The fourth-order valence-corrected chi connectivity index (χ4v) is 2.68. The number of nitrogens with zero attached hydrogens (tertiary/aromatic N) is 3. The molecule has 0 aliphatic carbocycles. The summed E-state index contributed by atoms with van der Waals surface area (Å²) in [5, 5.41) is 12.7. The molecule has 1 atom stereocenters. The number of hydrogen-bond acceptors (Lipinski definition) is 7. The van der Waals surface area contributed by atoms with Gasteiger partial charge in [-0.3, -0.25) is 4.79 Å². The van der Waals surface area contributed by atoms with Crippen molar-refractivity contribution in [2.24, 2.45) is 5.92 Å². The van der Waals surface area contributed by atoms with Gasteiger partial charge in [0.25, 0.3) is 5.89 Å². The molecule has 156 valence electrons. The predicted octanol–water partition coefficient (Wildman–Crippen LogP) is 4.34. The Morgan fingerprint density at radius 3 is 2.57 bits per heavy atom. The van der Waals surface area contributed by atoms with Gasteiger partial charge in [-0.25, -0.2) is 14.2 Å². The van der Waals surface area contributed by atoms with Gasteiger partial charge in [-0.2, -0.15) is 4.98 Å². The lowest BCUT2D eigenvalue weighted by Gasteiger charge is -2.13. The van der Waals surface area contributed by atoms with Crippen molar-refractivity contribution in [1.29, 1.82) is 0 Å². The molecule has 0 spiro atoms. The van der Waals surface area contributed by atoms with Gasteiger partial charge in [0.05, 0.1) is 11.8 Å². The molecule has 0 saturated heterocycles. The van der Waals surface area contributed by atoms with Crippen LogP contribution in [0.1, 0.15) is 60.0 Å². The third-order valence-electron chi connectivity index (χ3n) is 4.34. The predicted molar refractivity (Wildman–Crippen MR) is 104 cm³/mol. The molecule has 3 aromatic rings. The standard InChI is InChI=1S/C21H20FN3O5/c1-4-17(29-13-6-8-16(23-10-13)18(26)11(2)3)20-24-19(25-30-20)12-5-7-14(21(27)28)15(22)9-12/h5-11,17H,4H2,1-3H3,(H,27,28). The number of rotatable bonds is 8. The third-order valence-corrected chi connectivity index (χ3v) is 4.34. The maximum atomic E-state index is 13.9. The van der Waals surface area contributed by atoms with E-state index in [-0.39, 0.29) is 29.0 Å². The number of benzene rings is 1. The molecule has 1 N–H and O–H groups in total. The van der Waals surface area contributed by atoms with Gasteiger partial charge in [0.1, 0.15) is 17.3 Å². The number of hydrogen-bond donors (Lipinski definition) is 1. The highest BCUT2D eigenvalue weighted by atomic mass is 19.1. The Bertz CT molecular complexity index is 1060. The van der Waals surface area contributed by atoms with Crippen LogP contribution in [0.2, 0.25) is 0 Å². The molecule has 8 nitrogen and oxygen atoms in total. The molecular weight excluding hydrogens is 393 g/mol. The molecule has 0 aliphatic heterocycles. The van der Waals surface area contributed by atoms with Gasteiger partial charge in [0, 0.05) is 11.5 Å². The lowest BCUT2D eigenvalue weighted by atomic mass is 10.1. The zero-order chi connectivity index (χ0) is 21.8. The van der Waals surface area contributed by atoms with Gasteiger partial charge >= 0.3 is 5.97 Å². The molecule has 30 heavy (non-hydrogen) atoms. The zero-order valence-electron chi connectivity index (χ0n) is 16.6. The van der Waals surface area contributed by atoms with Crippen molar-refractivity contribution in [2.45, 2.75) is 33.3 Å². The van der Waals surface area contributed by atoms with Crippen molar-refractivity contribution in [1.82, 2.24) is 15.1 Å². The fourth-order valence-electron chi connectivity index (χ4n) is 2.68. The largest absolute Gasteiger partial charge is 0.479 e. The summed E-state index contributed by atoms with van der Waals surface area (Å²) in [4.78, 5) is 31.3. The number of ether oxygens (including phenoxy) is 1. The first-order chi connectivity index (χ1) is 14.3. The van der Waals surface area contributed by atoms with E-state index >= 15 is 0 Å². The van der Waals surface area contributed by atoms with Crippen LogP contribution < -0.4 is 4.74 Å². The summed E-state index contributed by atoms with van der Waals surface area (Å²) in [5.74, 6) is -1.75. The van der Waals surface area contributed by atoms with E-state index in [9.17, 15) is 14.0 Å². The van der Waals surface area contributed by atoms with Crippen molar-refractivity contribution in [3.05, 3.63) is 59.5 Å². The summed E-state index contributed by atoms with van der Waals surface area (Å²) in [7, 11) is 0. The van der Waals surface area contributed by atoms with Gasteiger partial charge in [0.15, 0.2) is 11.9 Å². The molecule has 1 aromatic carbocycles. The number of carbonyl (C=O) groups is 2. The van der Waals surface area contributed by atoms with E-state index in [0.29, 0.717) is 17.9 Å². The van der Waals surface area contributed by atoms with Gasteiger partial charge in [-0.05, 0) is 36.8 Å². The van der Waals surface area contributed by atoms with E-state index in [4.69, 9.17) is 14.4 Å². The number of carboxylic acids is 1. The molecule has 1 unspecified atom stereocenters. The van der Waals surface area contributed by atoms with E-state index in [0.717, 1.165) is 12.1 Å². The van der Waals surface area contributed by atoms with E-state index in [2.05, 4.69) is 15.1 Å². The van der Waals surface area contributed by atoms with Crippen LogP contribution in [0.4, 0.5) is 4.39 Å². The van der Waals surface area contributed by atoms with Crippen LogP contribution in [0.3, 0.4) is 0 Å². The van der Waals surface area contributed by atoms with Gasteiger partial charge in [-0.1, -0.05) is 25.9 Å². The second kappa shape index (κ2) is 8.81. The van der Waals surface area contributed by atoms with Crippen LogP contribution in [-0.4, -0.2) is 32.0 Å². The Morgan fingerprint density at radius 2 is 2.00 bits per heavy atom. The molecule has 9 heteroatoms. The lowest BCUT2D eigenvalue weighted by molar-refractivity contribution is 0.0691. The molecular formula is C21H20FN3O5. The Hall–Kier alpha value is -3.62. The topological polar surface area (TPSA) is 115 Å². The number of halogens is 1.